The number of ether oxygens (including phenoxy) is 2. The topological polar surface area (TPSA) is 78.3 Å². The van der Waals surface area contributed by atoms with Gasteiger partial charge in [-0.2, -0.15) is 18.2 Å². The summed E-state index contributed by atoms with van der Waals surface area (Å²) in [6.45, 7) is 2.87. The van der Waals surface area contributed by atoms with Gasteiger partial charge in [-0.25, -0.2) is 4.68 Å². The number of benzene rings is 3. The van der Waals surface area contributed by atoms with E-state index < -0.39 is 11.7 Å². The van der Waals surface area contributed by atoms with Crippen LogP contribution in [0, 0.1) is 0 Å². The fraction of sp³-hybridized carbons (Fsp3) is 0.192. The van der Waals surface area contributed by atoms with Gasteiger partial charge in [-0.15, -0.1) is 5.10 Å². The molecule has 4 rings (SSSR count). The summed E-state index contributed by atoms with van der Waals surface area (Å²) in [5, 5.41) is 7.16. The number of nitrogens with zero attached hydrogens (tertiary/aromatic N) is 3. The Morgan fingerprint density at radius 1 is 1.03 bits per heavy atom. The lowest BCUT2D eigenvalue weighted by Gasteiger charge is -2.10. The highest BCUT2D eigenvalue weighted by Gasteiger charge is 2.31. The molecule has 1 heterocycles. The molecule has 0 aliphatic heterocycles. The number of rotatable bonds is 9. The SMILES string of the molecule is CCOCCOc1nc(-c2cccc(C(F)(F)F)c2)n(-c2ccc(NC(=O)c3ccc(Br)cc3)cc2)n1. The van der Waals surface area contributed by atoms with Crippen LogP contribution in [0.4, 0.5) is 18.9 Å². The molecule has 0 saturated heterocycles. The highest BCUT2D eigenvalue weighted by molar-refractivity contribution is 9.10. The molecule has 37 heavy (non-hydrogen) atoms. The van der Waals surface area contributed by atoms with E-state index in [4.69, 9.17) is 9.47 Å². The van der Waals surface area contributed by atoms with Crippen molar-refractivity contribution in [1.29, 1.82) is 0 Å². The molecule has 1 aromatic heterocycles. The lowest BCUT2D eigenvalue weighted by Crippen LogP contribution is -2.11. The van der Waals surface area contributed by atoms with Gasteiger partial charge in [0.2, 0.25) is 0 Å². The van der Waals surface area contributed by atoms with E-state index in [2.05, 4.69) is 31.3 Å². The van der Waals surface area contributed by atoms with Crippen molar-refractivity contribution >= 4 is 27.5 Å². The van der Waals surface area contributed by atoms with Crippen LogP contribution in [0.1, 0.15) is 22.8 Å². The Morgan fingerprint density at radius 3 is 2.43 bits per heavy atom. The van der Waals surface area contributed by atoms with E-state index in [1.54, 1.807) is 48.5 Å². The highest BCUT2D eigenvalue weighted by Crippen LogP contribution is 2.33. The van der Waals surface area contributed by atoms with Crippen molar-refractivity contribution in [3.8, 4) is 23.1 Å². The van der Waals surface area contributed by atoms with Crippen molar-refractivity contribution in [2.24, 2.45) is 0 Å². The molecule has 192 valence electrons. The molecule has 3 aromatic carbocycles. The van der Waals surface area contributed by atoms with E-state index in [-0.39, 0.29) is 29.9 Å². The second-order valence-electron chi connectivity index (χ2n) is 7.76. The number of hydrogen-bond donors (Lipinski definition) is 1. The lowest BCUT2D eigenvalue weighted by molar-refractivity contribution is -0.137. The number of anilines is 1. The Bertz CT molecular complexity index is 1360. The van der Waals surface area contributed by atoms with E-state index in [9.17, 15) is 18.0 Å². The maximum atomic E-state index is 13.3. The monoisotopic (exact) mass is 574 g/mol. The number of halogens is 4. The average Bonchev–Trinajstić information content (AvgIpc) is 3.31. The second-order valence-corrected chi connectivity index (χ2v) is 8.68. The van der Waals surface area contributed by atoms with Gasteiger partial charge < -0.3 is 14.8 Å². The van der Waals surface area contributed by atoms with E-state index in [0.717, 1.165) is 16.6 Å². The van der Waals surface area contributed by atoms with Gasteiger partial charge in [0.1, 0.15) is 6.61 Å². The fourth-order valence-corrected chi connectivity index (χ4v) is 3.65. The van der Waals surface area contributed by atoms with Crippen LogP contribution in [0.5, 0.6) is 6.01 Å². The Hall–Kier alpha value is -3.70. The zero-order chi connectivity index (χ0) is 26.4. The Labute approximate surface area is 219 Å². The second kappa shape index (κ2) is 11.6. The summed E-state index contributed by atoms with van der Waals surface area (Å²) in [4.78, 5) is 16.8. The van der Waals surface area contributed by atoms with Gasteiger partial charge in [-0.1, -0.05) is 28.1 Å². The normalized spacial score (nSPS) is 11.4. The third-order valence-electron chi connectivity index (χ3n) is 5.17. The molecule has 0 radical (unpaired) electrons. The molecule has 0 unspecified atom stereocenters. The summed E-state index contributed by atoms with van der Waals surface area (Å²) in [6.07, 6.45) is -4.51. The van der Waals surface area contributed by atoms with Gasteiger partial charge in [-0.05, 0) is 67.6 Å². The van der Waals surface area contributed by atoms with Gasteiger partial charge in [0.25, 0.3) is 5.91 Å². The van der Waals surface area contributed by atoms with Crippen LogP contribution in [0.2, 0.25) is 0 Å². The maximum absolute atomic E-state index is 13.3. The summed E-state index contributed by atoms with van der Waals surface area (Å²) in [7, 11) is 0. The molecule has 11 heteroatoms. The smallest absolute Gasteiger partial charge is 0.416 e. The Balaban J connectivity index is 1.62. The summed E-state index contributed by atoms with van der Waals surface area (Å²) in [5.74, 6) is -0.111. The zero-order valence-corrected chi connectivity index (χ0v) is 21.2. The molecule has 0 spiro atoms. The van der Waals surface area contributed by atoms with Crippen LogP contribution in [-0.2, 0) is 10.9 Å². The van der Waals surface area contributed by atoms with Gasteiger partial charge >= 0.3 is 12.2 Å². The van der Waals surface area contributed by atoms with Crippen LogP contribution in [0.3, 0.4) is 0 Å². The summed E-state index contributed by atoms with van der Waals surface area (Å²) in [6, 6.07) is 18.4. The van der Waals surface area contributed by atoms with Crippen LogP contribution in [0.15, 0.2) is 77.3 Å². The average molecular weight is 575 g/mol. The van der Waals surface area contributed by atoms with E-state index in [1.807, 2.05) is 6.92 Å². The number of amides is 1. The van der Waals surface area contributed by atoms with Crippen LogP contribution in [0.25, 0.3) is 17.1 Å². The Morgan fingerprint density at radius 2 is 1.76 bits per heavy atom. The minimum atomic E-state index is -4.51. The standard InChI is InChI=1S/C26H22BrF3N4O3/c1-2-36-14-15-37-25-32-23(18-4-3-5-19(16-18)26(28,29)30)34(33-25)22-12-10-21(11-13-22)31-24(35)17-6-8-20(27)9-7-17/h3-13,16H,2,14-15H2,1H3,(H,31,35). The summed E-state index contributed by atoms with van der Waals surface area (Å²) < 4.78 is 53.0. The number of aromatic nitrogens is 3. The van der Waals surface area contributed by atoms with Crippen molar-refractivity contribution in [2.75, 3.05) is 25.1 Å². The van der Waals surface area contributed by atoms with Crippen molar-refractivity contribution in [3.63, 3.8) is 0 Å². The first-order chi connectivity index (χ1) is 17.7. The lowest BCUT2D eigenvalue weighted by atomic mass is 10.1. The third-order valence-corrected chi connectivity index (χ3v) is 5.70. The molecule has 1 amide bonds. The van der Waals surface area contributed by atoms with Crippen LogP contribution >= 0.6 is 15.9 Å². The summed E-state index contributed by atoms with van der Waals surface area (Å²) >= 11 is 3.33. The molecule has 7 nitrogen and oxygen atoms in total. The molecular weight excluding hydrogens is 553 g/mol. The first kappa shape index (κ1) is 26.4. The largest absolute Gasteiger partial charge is 0.460 e. The molecule has 0 aliphatic carbocycles. The Kier molecular flexibility index (Phi) is 8.24. The molecule has 0 aliphatic rings. The molecule has 0 atom stereocenters. The molecule has 1 N–H and O–H groups in total. The van der Waals surface area contributed by atoms with Crippen LogP contribution < -0.4 is 10.1 Å². The number of alkyl halides is 3. The van der Waals surface area contributed by atoms with Gasteiger partial charge in [-0.3, -0.25) is 4.79 Å². The van der Waals surface area contributed by atoms with Gasteiger partial charge in [0, 0.05) is 27.9 Å². The quantitative estimate of drug-likeness (QED) is 0.234. The maximum Gasteiger partial charge on any atom is 0.416 e. The van der Waals surface area contributed by atoms with Gasteiger partial charge in [0.05, 0.1) is 17.9 Å². The molecule has 0 fully saturated rings. The first-order valence-corrected chi connectivity index (χ1v) is 12.1. The van der Waals surface area contributed by atoms with Gasteiger partial charge in [0.15, 0.2) is 5.82 Å². The number of hydrogen-bond acceptors (Lipinski definition) is 5. The van der Waals surface area contributed by atoms with E-state index in [1.165, 1.54) is 16.8 Å². The molecule has 0 saturated carbocycles. The first-order valence-electron chi connectivity index (χ1n) is 11.3. The molecule has 4 aromatic rings. The predicted molar refractivity (Wildman–Crippen MR) is 136 cm³/mol. The van der Waals surface area contributed by atoms with Crippen molar-refractivity contribution < 1.29 is 27.4 Å². The minimum absolute atomic E-state index is 0.000248. The number of carbonyl (C=O) groups excluding carboxylic acids is 1. The van der Waals surface area contributed by atoms with E-state index in [0.29, 0.717) is 30.2 Å². The van der Waals surface area contributed by atoms with Crippen molar-refractivity contribution in [2.45, 2.75) is 13.1 Å². The third kappa shape index (κ3) is 6.75. The zero-order valence-electron chi connectivity index (χ0n) is 19.6. The van der Waals surface area contributed by atoms with Crippen LogP contribution in [-0.4, -0.2) is 40.5 Å². The highest BCUT2D eigenvalue weighted by atomic mass is 79.9. The number of nitrogens with one attached hydrogen (secondary N) is 1. The number of carbonyl (C=O) groups is 1. The summed E-state index contributed by atoms with van der Waals surface area (Å²) in [5.41, 5.74) is 0.954. The molecular formula is C26H22BrF3N4O3. The van der Waals surface area contributed by atoms with E-state index >= 15 is 0 Å². The van der Waals surface area contributed by atoms with Crippen molar-refractivity contribution in [1.82, 2.24) is 14.8 Å². The molecule has 0 bridgehead atoms. The predicted octanol–water partition coefficient (Wildman–Crippen LogP) is 6.38. The fourth-order valence-electron chi connectivity index (χ4n) is 3.38. The minimum Gasteiger partial charge on any atom is -0.460 e. The van der Waals surface area contributed by atoms with Crippen molar-refractivity contribution in [3.05, 3.63) is 88.4 Å².